The lowest BCUT2D eigenvalue weighted by Crippen LogP contribution is -2.57. The number of piperidine rings is 1. The number of likely N-dealkylation sites (tertiary alicyclic amines) is 1. The Morgan fingerprint density at radius 2 is 1.79 bits per heavy atom. The molecule has 2 saturated heterocycles. The van der Waals surface area contributed by atoms with Gasteiger partial charge in [-0.05, 0) is 79.7 Å². The van der Waals surface area contributed by atoms with Gasteiger partial charge in [0.25, 0.3) is 5.91 Å². The van der Waals surface area contributed by atoms with Gasteiger partial charge in [0.2, 0.25) is 0 Å². The standard InChI is InChI=1S/C39H51N3O6/c1-27(2)41-21-20-32(24-35(41)39(3,4)5)42(38(44)45)25-29(26-47-34-14-10-12-30-11-6-7-13-33(30)34)23-28-16-18-31(19-17-28)37(43)40-48-36-15-8-9-22-46-36/h6-7,10-14,16-19,23,27,32,35-36H,8-9,15,20-22,24-26H2,1-5H3,(H,40,43)(H,44,45). The molecule has 3 atom stereocenters. The fourth-order valence-corrected chi connectivity index (χ4v) is 6.86. The molecule has 0 aromatic heterocycles. The summed E-state index contributed by atoms with van der Waals surface area (Å²) in [6.45, 7) is 13.0. The molecular formula is C39H51N3O6. The molecule has 2 N–H and O–H groups in total. The van der Waals surface area contributed by atoms with E-state index in [0.29, 0.717) is 18.2 Å². The molecule has 0 saturated carbocycles. The van der Waals surface area contributed by atoms with Crippen LogP contribution in [0.25, 0.3) is 16.8 Å². The highest BCUT2D eigenvalue weighted by Crippen LogP contribution is 2.35. The topological polar surface area (TPSA) is 101 Å². The largest absolute Gasteiger partial charge is 0.489 e. The van der Waals surface area contributed by atoms with Crippen LogP contribution in [-0.4, -0.2) is 77.6 Å². The number of carbonyl (C=O) groups is 2. The summed E-state index contributed by atoms with van der Waals surface area (Å²) in [7, 11) is 0. The fraction of sp³-hybridized carbons (Fsp3) is 0.487. The van der Waals surface area contributed by atoms with Crippen LogP contribution in [0.5, 0.6) is 5.75 Å². The molecular weight excluding hydrogens is 606 g/mol. The zero-order valence-electron chi connectivity index (χ0n) is 29.0. The molecule has 2 fully saturated rings. The highest BCUT2D eigenvalue weighted by molar-refractivity contribution is 5.93. The highest BCUT2D eigenvalue weighted by Gasteiger charge is 2.40. The number of nitrogens with one attached hydrogen (secondary N) is 1. The van der Waals surface area contributed by atoms with Crippen LogP contribution in [0.15, 0.2) is 72.3 Å². The number of hydrogen-bond donors (Lipinski definition) is 2. The first-order chi connectivity index (χ1) is 23.0. The fourth-order valence-electron chi connectivity index (χ4n) is 6.86. The van der Waals surface area contributed by atoms with E-state index in [1.807, 2.05) is 60.7 Å². The normalized spacial score (nSPS) is 20.9. The number of hydrogen-bond acceptors (Lipinski definition) is 6. The predicted octanol–water partition coefficient (Wildman–Crippen LogP) is 7.76. The second kappa shape index (κ2) is 16.0. The highest BCUT2D eigenvalue weighted by atomic mass is 16.8. The lowest BCUT2D eigenvalue weighted by Gasteiger charge is -2.49. The molecule has 3 aromatic rings. The Balaban J connectivity index is 1.37. The average Bonchev–Trinajstić information content (AvgIpc) is 3.08. The Bertz CT molecular complexity index is 1550. The lowest BCUT2D eigenvalue weighted by molar-refractivity contribution is -0.186. The van der Waals surface area contributed by atoms with Crippen molar-refractivity contribution in [2.45, 2.75) is 91.1 Å². The Morgan fingerprint density at radius 3 is 2.48 bits per heavy atom. The van der Waals surface area contributed by atoms with Gasteiger partial charge in [-0.15, -0.1) is 0 Å². The van der Waals surface area contributed by atoms with E-state index in [0.717, 1.165) is 66.3 Å². The number of rotatable bonds is 11. The molecule has 3 unspecified atom stereocenters. The van der Waals surface area contributed by atoms with Gasteiger partial charge in [-0.25, -0.2) is 15.1 Å². The monoisotopic (exact) mass is 657 g/mol. The summed E-state index contributed by atoms with van der Waals surface area (Å²) in [6.07, 6.45) is 4.89. The first-order valence-electron chi connectivity index (χ1n) is 17.2. The van der Waals surface area contributed by atoms with Crippen molar-refractivity contribution in [1.82, 2.24) is 15.3 Å². The zero-order chi connectivity index (χ0) is 34.3. The summed E-state index contributed by atoms with van der Waals surface area (Å²) >= 11 is 0. The number of ether oxygens (including phenoxy) is 2. The van der Waals surface area contributed by atoms with Crippen LogP contribution in [0.4, 0.5) is 4.79 Å². The third-order valence-electron chi connectivity index (χ3n) is 9.47. The number of nitrogens with zero attached hydrogens (tertiary/aromatic N) is 2. The van der Waals surface area contributed by atoms with E-state index < -0.39 is 12.4 Å². The van der Waals surface area contributed by atoms with Gasteiger partial charge < -0.3 is 19.5 Å². The summed E-state index contributed by atoms with van der Waals surface area (Å²) in [4.78, 5) is 35.2. The minimum atomic E-state index is -0.935. The maximum Gasteiger partial charge on any atom is 0.407 e. The van der Waals surface area contributed by atoms with Crippen molar-refractivity contribution in [3.8, 4) is 5.75 Å². The summed E-state index contributed by atoms with van der Waals surface area (Å²) in [6, 6.07) is 21.7. The van der Waals surface area contributed by atoms with E-state index in [1.165, 1.54) is 0 Å². The second-order valence-electron chi connectivity index (χ2n) is 14.3. The number of amides is 2. The van der Waals surface area contributed by atoms with Crippen molar-refractivity contribution in [2.24, 2.45) is 5.41 Å². The third-order valence-corrected chi connectivity index (χ3v) is 9.47. The minimum Gasteiger partial charge on any atom is -0.489 e. The molecule has 2 heterocycles. The number of carboxylic acid groups (broad SMARTS) is 1. The van der Waals surface area contributed by atoms with Gasteiger partial charge in [0, 0.05) is 55.2 Å². The number of fused-ring (bicyclic) bond motifs is 1. The van der Waals surface area contributed by atoms with Crippen molar-refractivity contribution in [3.63, 3.8) is 0 Å². The molecule has 0 aliphatic carbocycles. The molecule has 5 rings (SSSR count). The van der Waals surface area contributed by atoms with Crippen LogP contribution in [0, 0.1) is 5.41 Å². The second-order valence-corrected chi connectivity index (χ2v) is 14.3. The Hall–Kier alpha value is -3.92. The molecule has 9 nitrogen and oxygen atoms in total. The molecule has 0 bridgehead atoms. The summed E-state index contributed by atoms with van der Waals surface area (Å²) in [5.74, 6) is 0.394. The van der Waals surface area contributed by atoms with Crippen molar-refractivity contribution in [3.05, 3.63) is 83.4 Å². The van der Waals surface area contributed by atoms with E-state index in [-0.39, 0.29) is 36.6 Å². The van der Waals surface area contributed by atoms with Gasteiger partial charge in [0.1, 0.15) is 12.4 Å². The maximum absolute atomic E-state index is 12.9. The number of carbonyl (C=O) groups excluding carboxylic acids is 1. The molecule has 2 aliphatic heterocycles. The third kappa shape index (κ3) is 9.15. The number of benzene rings is 3. The van der Waals surface area contributed by atoms with Crippen LogP contribution in [0.1, 0.15) is 82.6 Å². The van der Waals surface area contributed by atoms with Gasteiger partial charge >= 0.3 is 6.09 Å². The molecule has 3 aromatic carbocycles. The van der Waals surface area contributed by atoms with E-state index >= 15 is 0 Å². The van der Waals surface area contributed by atoms with E-state index in [2.05, 4.69) is 45.0 Å². The molecule has 0 radical (unpaired) electrons. The molecule has 9 heteroatoms. The van der Waals surface area contributed by atoms with Gasteiger partial charge in [-0.3, -0.25) is 9.69 Å². The summed E-state index contributed by atoms with van der Waals surface area (Å²) in [5, 5.41) is 12.6. The quantitative estimate of drug-likeness (QED) is 0.203. The van der Waals surface area contributed by atoms with E-state index in [4.69, 9.17) is 14.3 Å². The maximum atomic E-state index is 12.9. The zero-order valence-corrected chi connectivity index (χ0v) is 29.0. The molecule has 0 spiro atoms. The van der Waals surface area contributed by atoms with Crippen molar-refractivity contribution in [1.29, 1.82) is 0 Å². The smallest absolute Gasteiger partial charge is 0.407 e. The predicted molar refractivity (Wildman–Crippen MR) is 189 cm³/mol. The minimum absolute atomic E-state index is 0.00572. The molecule has 2 aliphatic rings. The van der Waals surface area contributed by atoms with Crippen LogP contribution in [-0.2, 0) is 9.57 Å². The summed E-state index contributed by atoms with van der Waals surface area (Å²) in [5.41, 5.74) is 4.62. The first kappa shape index (κ1) is 35.4. The molecule has 258 valence electrons. The van der Waals surface area contributed by atoms with Crippen molar-refractivity contribution >= 4 is 28.8 Å². The Kier molecular flexibility index (Phi) is 11.8. The number of hydroxylamine groups is 1. The lowest BCUT2D eigenvalue weighted by atomic mass is 9.78. The summed E-state index contributed by atoms with van der Waals surface area (Å²) < 4.78 is 11.9. The van der Waals surface area contributed by atoms with Crippen LogP contribution in [0.2, 0.25) is 0 Å². The van der Waals surface area contributed by atoms with E-state index in [9.17, 15) is 14.7 Å². The van der Waals surface area contributed by atoms with Crippen molar-refractivity contribution < 1.29 is 29.0 Å². The van der Waals surface area contributed by atoms with E-state index in [1.54, 1.807) is 17.0 Å². The average molecular weight is 658 g/mol. The van der Waals surface area contributed by atoms with Gasteiger partial charge in [0.15, 0.2) is 6.29 Å². The van der Waals surface area contributed by atoms with Gasteiger partial charge in [-0.1, -0.05) is 75.4 Å². The molecule has 48 heavy (non-hydrogen) atoms. The Morgan fingerprint density at radius 1 is 1.04 bits per heavy atom. The van der Waals surface area contributed by atoms with Crippen LogP contribution < -0.4 is 10.2 Å². The van der Waals surface area contributed by atoms with Gasteiger partial charge in [0.05, 0.1) is 0 Å². The molecule has 2 amide bonds. The SMILES string of the molecule is CC(C)N1CCC(N(CC(=Cc2ccc(C(=O)NOC3CCCCO3)cc2)COc2cccc3ccccc23)C(=O)O)CC1C(C)(C)C. The van der Waals surface area contributed by atoms with Crippen molar-refractivity contribution in [2.75, 3.05) is 26.3 Å². The Labute approximate surface area is 284 Å². The van der Waals surface area contributed by atoms with Gasteiger partial charge in [-0.2, -0.15) is 0 Å². The van der Waals surface area contributed by atoms with Crippen LogP contribution in [0.3, 0.4) is 0 Å². The van der Waals surface area contributed by atoms with Crippen LogP contribution >= 0.6 is 0 Å². The first-order valence-corrected chi connectivity index (χ1v) is 17.2.